The molecule has 27 heavy (non-hydrogen) atoms. The lowest BCUT2D eigenvalue weighted by atomic mass is 10.2. The van der Waals surface area contributed by atoms with Crippen LogP contribution in [0.1, 0.15) is 16.8 Å². The maximum absolute atomic E-state index is 12.7. The van der Waals surface area contributed by atoms with Gasteiger partial charge in [0.15, 0.2) is 11.1 Å². The lowest BCUT2D eigenvalue weighted by Crippen LogP contribution is -2.49. The van der Waals surface area contributed by atoms with Gasteiger partial charge in [0.1, 0.15) is 5.75 Å². The predicted octanol–water partition coefficient (Wildman–Crippen LogP) is 2.38. The Kier molecular flexibility index (Phi) is 6.84. The molecule has 12 heteroatoms. The summed E-state index contributed by atoms with van der Waals surface area (Å²) in [5.74, 6) is -0.971. The van der Waals surface area contributed by atoms with Gasteiger partial charge in [-0.15, -0.1) is 0 Å². The third-order valence-corrected chi connectivity index (χ3v) is 4.27. The van der Waals surface area contributed by atoms with Crippen LogP contribution in [0.15, 0.2) is 12.1 Å². The number of carbonyl (C=O) groups is 1. The Balaban J connectivity index is 1.93. The monoisotopic (exact) mass is 411 g/mol. The number of halogens is 4. The van der Waals surface area contributed by atoms with Crippen molar-refractivity contribution < 1.29 is 32.4 Å². The third-order valence-electron chi connectivity index (χ3n) is 3.89. The smallest absolute Gasteiger partial charge is 0.415 e. The van der Waals surface area contributed by atoms with E-state index in [1.54, 1.807) is 4.90 Å². The van der Waals surface area contributed by atoms with Crippen LogP contribution >= 0.6 is 11.6 Å². The van der Waals surface area contributed by atoms with Crippen molar-refractivity contribution in [2.45, 2.75) is 18.7 Å². The van der Waals surface area contributed by atoms with Crippen molar-refractivity contribution >= 4 is 23.2 Å². The number of amides is 1. The molecule has 1 amide bonds. The number of ether oxygens (including phenoxy) is 2. The lowest BCUT2D eigenvalue weighted by molar-refractivity contribution is -0.384. The molecule has 1 saturated heterocycles. The number of benzene rings is 1. The Morgan fingerprint density at radius 2 is 2.19 bits per heavy atom. The molecule has 0 aliphatic carbocycles. The molecule has 0 spiro atoms. The van der Waals surface area contributed by atoms with E-state index in [9.17, 15) is 28.1 Å². The molecule has 0 bridgehead atoms. The van der Waals surface area contributed by atoms with E-state index in [0.717, 1.165) is 6.07 Å². The molecule has 1 aliphatic rings. The zero-order chi connectivity index (χ0) is 20.2. The van der Waals surface area contributed by atoms with Crippen LogP contribution in [-0.4, -0.2) is 60.9 Å². The molecule has 150 valence electrons. The molecule has 0 radical (unpaired) electrons. The number of nitro groups is 1. The second kappa shape index (κ2) is 8.72. The summed E-state index contributed by atoms with van der Waals surface area (Å²) in [6.07, 6.45) is -5.90. The van der Waals surface area contributed by atoms with E-state index in [2.05, 4.69) is 0 Å². The molecule has 1 atom stereocenters. The van der Waals surface area contributed by atoms with Crippen LogP contribution in [0.5, 0.6) is 5.75 Å². The summed E-state index contributed by atoms with van der Waals surface area (Å²) in [6, 6.07) is 2.13. The van der Waals surface area contributed by atoms with Crippen molar-refractivity contribution in [2.24, 2.45) is 5.73 Å². The number of alkyl halides is 3. The first-order valence-electron chi connectivity index (χ1n) is 7.90. The predicted molar refractivity (Wildman–Crippen MR) is 89.0 cm³/mol. The second-order valence-electron chi connectivity index (χ2n) is 5.83. The van der Waals surface area contributed by atoms with E-state index >= 15 is 0 Å². The van der Waals surface area contributed by atoms with Crippen LogP contribution in [0.25, 0.3) is 0 Å². The average Bonchev–Trinajstić information content (AvgIpc) is 2.59. The van der Waals surface area contributed by atoms with Gasteiger partial charge in [-0.05, 0) is 12.5 Å². The Morgan fingerprint density at radius 3 is 2.78 bits per heavy atom. The van der Waals surface area contributed by atoms with E-state index < -0.39 is 28.8 Å². The largest absolute Gasteiger partial charge is 0.492 e. The Bertz CT molecular complexity index is 717. The van der Waals surface area contributed by atoms with Crippen molar-refractivity contribution in [3.63, 3.8) is 0 Å². The van der Waals surface area contributed by atoms with Gasteiger partial charge in [0.05, 0.1) is 18.1 Å². The lowest BCUT2D eigenvalue weighted by Gasteiger charge is -2.33. The molecule has 1 aromatic rings. The molecule has 1 fully saturated rings. The molecule has 2 rings (SSSR count). The highest BCUT2D eigenvalue weighted by atomic mass is 35.5. The number of morpholine rings is 1. The van der Waals surface area contributed by atoms with E-state index in [-0.39, 0.29) is 36.1 Å². The second-order valence-corrected chi connectivity index (χ2v) is 6.21. The molecule has 1 aliphatic heterocycles. The van der Waals surface area contributed by atoms with Gasteiger partial charge in [-0.3, -0.25) is 19.8 Å². The summed E-state index contributed by atoms with van der Waals surface area (Å²) in [6.45, 7) is 0.408. The molecule has 0 saturated carbocycles. The number of nitrogens with zero attached hydrogens (tertiary/aromatic N) is 2. The summed E-state index contributed by atoms with van der Waals surface area (Å²) < 4.78 is 48.2. The number of primary amides is 1. The number of rotatable bonds is 7. The van der Waals surface area contributed by atoms with Gasteiger partial charge in [0, 0.05) is 31.3 Å². The first kappa shape index (κ1) is 21.2. The minimum absolute atomic E-state index is 0.0241. The van der Waals surface area contributed by atoms with Crippen molar-refractivity contribution in [2.75, 3.05) is 32.8 Å². The SMILES string of the molecule is NC(=O)c1cc(OCCCN2CCOC(C(F)(F)F)C2)c(Cl)c([N+](=O)[O-])c1. The van der Waals surface area contributed by atoms with Gasteiger partial charge in [0.25, 0.3) is 5.69 Å². The fourth-order valence-electron chi connectivity index (χ4n) is 2.54. The Hall–Kier alpha value is -2.11. The molecule has 2 N–H and O–H groups in total. The highest BCUT2D eigenvalue weighted by molar-refractivity contribution is 6.34. The highest BCUT2D eigenvalue weighted by Gasteiger charge is 2.43. The van der Waals surface area contributed by atoms with Gasteiger partial charge in [-0.25, -0.2) is 0 Å². The Morgan fingerprint density at radius 1 is 1.48 bits per heavy atom. The minimum Gasteiger partial charge on any atom is -0.492 e. The molecule has 1 aromatic carbocycles. The quantitative estimate of drug-likeness (QED) is 0.419. The van der Waals surface area contributed by atoms with Crippen LogP contribution in [0.4, 0.5) is 18.9 Å². The van der Waals surface area contributed by atoms with E-state index in [4.69, 9.17) is 26.8 Å². The van der Waals surface area contributed by atoms with E-state index in [1.165, 1.54) is 6.07 Å². The van der Waals surface area contributed by atoms with Gasteiger partial charge in [-0.2, -0.15) is 13.2 Å². The molecule has 0 aromatic heterocycles. The van der Waals surface area contributed by atoms with Gasteiger partial charge in [0.2, 0.25) is 5.91 Å². The van der Waals surface area contributed by atoms with Crippen molar-refractivity contribution in [1.82, 2.24) is 4.90 Å². The fourth-order valence-corrected chi connectivity index (χ4v) is 2.77. The van der Waals surface area contributed by atoms with E-state index in [0.29, 0.717) is 19.5 Å². The first-order valence-corrected chi connectivity index (χ1v) is 8.28. The molecule has 1 heterocycles. The van der Waals surface area contributed by atoms with Crippen molar-refractivity contribution in [3.8, 4) is 5.75 Å². The molecular formula is C15H17ClF3N3O5. The van der Waals surface area contributed by atoms with Crippen LogP contribution in [-0.2, 0) is 4.74 Å². The zero-order valence-corrected chi connectivity index (χ0v) is 14.8. The van der Waals surface area contributed by atoms with Crippen LogP contribution in [0.2, 0.25) is 5.02 Å². The van der Waals surface area contributed by atoms with Gasteiger partial charge >= 0.3 is 6.18 Å². The number of nitrogens with two attached hydrogens (primary N) is 1. The summed E-state index contributed by atoms with van der Waals surface area (Å²) in [4.78, 5) is 23.1. The summed E-state index contributed by atoms with van der Waals surface area (Å²) in [5.41, 5.74) is 4.47. The summed E-state index contributed by atoms with van der Waals surface area (Å²) in [5, 5.41) is 10.7. The molecular weight excluding hydrogens is 395 g/mol. The van der Waals surface area contributed by atoms with Gasteiger partial charge < -0.3 is 15.2 Å². The topological polar surface area (TPSA) is 108 Å². The number of hydrogen-bond donors (Lipinski definition) is 1. The summed E-state index contributed by atoms with van der Waals surface area (Å²) in [7, 11) is 0. The van der Waals surface area contributed by atoms with Crippen molar-refractivity contribution in [3.05, 3.63) is 32.8 Å². The van der Waals surface area contributed by atoms with Crippen LogP contribution in [0.3, 0.4) is 0 Å². The Labute approximate surface area is 157 Å². The molecule has 1 unspecified atom stereocenters. The highest BCUT2D eigenvalue weighted by Crippen LogP contribution is 2.35. The number of nitro benzene ring substituents is 1. The number of carbonyl (C=O) groups excluding carboxylic acids is 1. The van der Waals surface area contributed by atoms with Gasteiger partial charge in [-0.1, -0.05) is 11.6 Å². The maximum Gasteiger partial charge on any atom is 0.415 e. The number of hydrogen-bond acceptors (Lipinski definition) is 6. The summed E-state index contributed by atoms with van der Waals surface area (Å²) >= 11 is 5.91. The third kappa shape index (κ3) is 5.68. The van der Waals surface area contributed by atoms with E-state index in [1.807, 2.05) is 0 Å². The van der Waals surface area contributed by atoms with Crippen LogP contribution < -0.4 is 10.5 Å². The standard InChI is InChI=1S/C15H17ClF3N3O5/c16-13-10(22(24)25)6-9(14(20)23)7-11(13)26-4-1-2-21-3-5-27-12(8-21)15(17,18)19/h6-7,12H,1-5,8H2,(H2,20,23). The van der Waals surface area contributed by atoms with Crippen LogP contribution in [0, 0.1) is 10.1 Å². The first-order chi connectivity index (χ1) is 12.6. The average molecular weight is 412 g/mol. The maximum atomic E-state index is 12.7. The fraction of sp³-hybridized carbons (Fsp3) is 0.533. The molecule has 8 nitrogen and oxygen atoms in total. The minimum atomic E-state index is -4.42. The zero-order valence-electron chi connectivity index (χ0n) is 14.0. The van der Waals surface area contributed by atoms with Crippen molar-refractivity contribution in [1.29, 1.82) is 0 Å². The normalized spacial score (nSPS) is 18.3.